The van der Waals surface area contributed by atoms with Gasteiger partial charge in [0.2, 0.25) is 0 Å². The molecule has 0 aromatic heterocycles. The number of likely N-dealkylation sites (tertiary alicyclic amines) is 1. The molecule has 2 aliphatic heterocycles. The molecule has 0 radical (unpaired) electrons. The van der Waals surface area contributed by atoms with Crippen molar-refractivity contribution < 1.29 is 0 Å². The first-order chi connectivity index (χ1) is 7.93. The van der Waals surface area contributed by atoms with E-state index < -0.39 is 0 Å². The number of hydrogen-bond acceptors (Lipinski definition) is 2. The number of fused-ring (bicyclic) bond motifs is 1. The number of nitrogens with one attached hydrogen (secondary N) is 1. The van der Waals surface area contributed by atoms with Gasteiger partial charge in [-0.3, -0.25) is 4.90 Å². The number of piperidine rings is 1. The molecule has 0 amide bonds. The molecule has 2 nitrogen and oxygen atoms in total. The summed E-state index contributed by atoms with van der Waals surface area (Å²) in [5.41, 5.74) is 1.45. The Balaban J connectivity index is 1.70. The van der Waals surface area contributed by atoms with Crippen LogP contribution in [0.25, 0.3) is 0 Å². The molecule has 0 bridgehead atoms. The molecule has 0 aliphatic carbocycles. The summed E-state index contributed by atoms with van der Waals surface area (Å²) in [7, 11) is 0. The topological polar surface area (TPSA) is 15.3 Å². The van der Waals surface area contributed by atoms with Crippen LogP contribution in [0.15, 0.2) is 30.3 Å². The molecule has 3 rings (SSSR count). The van der Waals surface area contributed by atoms with Crippen LogP contribution in [-0.4, -0.2) is 30.6 Å². The van der Waals surface area contributed by atoms with E-state index in [0.29, 0.717) is 0 Å². The van der Waals surface area contributed by atoms with Gasteiger partial charge in [-0.15, -0.1) is 0 Å². The van der Waals surface area contributed by atoms with E-state index in [1.165, 1.54) is 38.0 Å². The highest BCUT2D eigenvalue weighted by molar-refractivity contribution is 5.15. The highest BCUT2D eigenvalue weighted by atomic mass is 15.2. The first kappa shape index (κ1) is 10.3. The molecule has 2 fully saturated rings. The molecular weight excluding hydrogens is 196 g/mol. The van der Waals surface area contributed by atoms with Crippen LogP contribution < -0.4 is 5.32 Å². The highest BCUT2D eigenvalue weighted by Crippen LogP contribution is 2.27. The van der Waals surface area contributed by atoms with Gasteiger partial charge < -0.3 is 5.32 Å². The number of nitrogens with zero attached hydrogens (tertiary/aromatic N) is 1. The van der Waals surface area contributed by atoms with E-state index in [9.17, 15) is 0 Å². The Hall–Kier alpha value is -0.860. The van der Waals surface area contributed by atoms with Crippen molar-refractivity contribution in [3.8, 4) is 0 Å². The zero-order chi connectivity index (χ0) is 10.8. The van der Waals surface area contributed by atoms with Crippen LogP contribution in [0, 0.1) is 5.92 Å². The Morgan fingerprint density at radius 3 is 2.94 bits per heavy atom. The summed E-state index contributed by atoms with van der Waals surface area (Å²) < 4.78 is 0. The fourth-order valence-corrected chi connectivity index (χ4v) is 3.18. The summed E-state index contributed by atoms with van der Waals surface area (Å²) in [5, 5.41) is 3.54. The maximum absolute atomic E-state index is 3.54. The Bertz CT molecular complexity index is 336. The molecule has 1 aromatic carbocycles. The fraction of sp³-hybridized carbons (Fsp3) is 0.571. The van der Waals surface area contributed by atoms with E-state index in [0.717, 1.165) is 18.5 Å². The predicted molar refractivity (Wildman–Crippen MR) is 66.2 cm³/mol. The molecule has 0 unspecified atom stereocenters. The summed E-state index contributed by atoms with van der Waals surface area (Å²) in [6.07, 6.45) is 2.79. The SMILES string of the molecule is c1ccc(CN2CCC[C@@H]3CNC[C@H]32)cc1. The van der Waals surface area contributed by atoms with Crippen molar-refractivity contribution in [3.63, 3.8) is 0 Å². The van der Waals surface area contributed by atoms with E-state index >= 15 is 0 Å². The minimum absolute atomic E-state index is 0.786. The van der Waals surface area contributed by atoms with E-state index in [4.69, 9.17) is 0 Å². The van der Waals surface area contributed by atoms with Crippen LogP contribution in [0.4, 0.5) is 0 Å². The summed E-state index contributed by atoms with van der Waals surface area (Å²) in [5.74, 6) is 0.900. The van der Waals surface area contributed by atoms with Gasteiger partial charge >= 0.3 is 0 Å². The van der Waals surface area contributed by atoms with E-state index in [-0.39, 0.29) is 0 Å². The zero-order valence-electron chi connectivity index (χ0n) is 9.73. The van der Waals surface area contributed by atoms with Gasteiger partial charge in [-0.25, -0.2) is 0 Å². The van der Waals surface area contributed by atoms with Crippen molar-refractivity contribution in [1.29, 1.82) is 0 Å². The third-order valence-electron chi connectivity index (χ3n) is 4.02. The normalized spacial score (nSPS) is 30.2. The van der Waals surface area contributed by atoms with Gasteiger partial charge in [0.05, 0.1) is 0 Å². The first-order valence-corrected chi connectivity index (χ1v) is 6.42. The van der Waals surface area contributed by atoms with Crippen LogP contribution in [0.2, 0.25) is 0 Å². The van der Waals surface area contributed by atoms with Gasteiger partial charge in [0, 0.05) is 19.1 Å². The number of rotatable bonds is 2. The van der Waals surface area contributed by atoms with Gasteiger partial charge in [-0.2, -0.15) is 0 Å². The smallest absolute Gasteiger partial charge is 0.0264 e. The summed E-state index contributed by atoms with van der Waals surface area (Å²) in [6.45, 7) is 4.83. The monoisotopic (exact) mass is 216 g/mol. The van der Waals surface area contributed by atoms with E-state index in [1.807, 2.05) is 0 Å². The van der Waals surface area contributed by atoms with Gasteiger partial charge in [0.25, 0.3) is 0 Å². The van der Waals surface area contributed by atoms with Crippen molar-refractivity contribution in [2.75, 3.05) is 19.6 Å². The second-order valence-electron chi connectivity index (χ2n) is 5.08. The van der Waals surface area contributed by atoms with Crippen LogP contribution in [0.3, 0.4) is 0 Å². The van der Waals surface area contributed by atoms with Gasteiger partial charge in [-0.05, 0) is 37.4 Å². The van der Waals surface area contributed by atoms with Crippen LogP contribution in [0.5, 0.6) is 0 Å². The molecule has 2 saturated heterocycles. The molecule has 2 aliphatic rings. The molecule has 1 aromatic rings. The molecule has 16 heavy (non-hydrogen) atoms. The summed E-state index contributed by atoms with van der Waals surface area (Å²) in [6, 6.07) is 11.7. The molecule has 0 saturated carbocycles. The Labute approximate surface area is 97.6 Å². The standard InChI is InChI=1S/C14H20N2/c1-2-5-12(6-3-1)11-16-8-4-7-13-9-15-10-14(13)16/h1-3,5-6,13-15H,4,7-11H2/t13-,14-/m1/s1. The second kappa shape index (κ2) is 4.56. The Morgan fingerprint density at radius 2 is 2.06 bits per heavy atom. The Morgan fingerprint density at radius 1 is 1.19 bits per heavy atom. The van der Waals surface area contributed by atoms with Crippen LogP contribution in [0.1, 0.15) is 18.4 Å². The molecule has 2 heterocycles. The van der Waals surface area contributed by atoms with Crippen LogP contribution in [-0.2, 0) is 6.54 Å². The average Bonchev–Trinajstić information content (AvgIpc) is 2.80. The van der Waals surface area contributed by atoms with Crippen molar-refractivity contribution in [1.82, 2.24) is 10.2 Å². The maximum atomic E-state index is 3.54. The van der Waals surface area contributed by atoms with Crippen molar-refractivity contribution >= 4 is 0 Å². The minimum atomic E-state index is 0.786. The second-order valence-corrected chi connectivity index (χ2v) is 5.08. The summed E-state index contributed by atoms with van der Waals surface area (Å²) >= 11 is 0. The molecular formula is C14H20N2. The van der Waals surface area contributed by atoms with Crippen molar-refractivity contribution in [2.45, 2.75) is 25.4 Å². The van der Waals surface area contributed by atoms with E-state index in [2.05, 4.69) is 40.5 Å². The molecule has 2 atom stereocenters. The summed E-state index contributed by atoms with van der Waals surface area (Å²) in [4.78, 5) is 2.67. The minimum Gasteiger partial charge on any atom is -0.315 e. The van der Waals surface area contributed by atoms with Crippen LogP contribution >= 0.6 is 0 Å². The van der Waals surface area contributed by atoms with Gasteiger partial charge in [0.15, 0.2) is 0 Å². The third kappa shape index (κ3) is 2.00. The first-order valence-electron chi connectivity index (χ1n) is 6.42. The zero-order valence-corrected chi connectivity index (χ0v) is 9.73. The number of hydrogen-bond donors (Lipinski definition) is 1. The lowest BCUT2D eigenvalue weighted by Crippen LogP contribution is -2.44. The lowest BCUT2D eigenvalue weighted by molar-refractivity contribution is 0.117. The largest absolute Gasteiger partial charge is 0.315 e. The molecule has 2 heteroatoms. The maximum Gasteiger partial charge on any atom is 0.0264 e. The predicted octanol–water partition coefficient (Wildman–Crippen LogP) is 1.87. The lowest BCUT2D eigenvalue weighted by Gasteiger charge is -2.37. The molecule has 1 N–H and O–H groups in total. The quantitative estimate of drug-likeness (QED) is 0.812. The lowest BCUT2D eigenvalue weighted by atomic mass is 9.92. The highest BCUT2D eigenvalue weighted by Gasteiger charge is 2.34. The Kier molecular flexibility index (Phi) is 2.94. The van der Waals surface area contributed by atoms with Gasteiger partial charge in [-0.1, -0.05) is 30.3 Å². The van der Waals surface area contributed by atoms with Crippen molar-refractivity contribution in [3.05, 3.63) is 35.9 Å². The van der Waals surface area contributed by atoms with E-state index in [1.54, 1.807) is 0 Å². The van der Waals surface area contributed by atoms with Gasteiger partial charge in [0.1, 0.15) is 0 Å². The fourth-order valence-electron chi connectivity index (χ4n) is 3.18. The number of benzene rings is 1. The third-order valence-corrected chi connectivity index (χ3v) is 4.02. The average molecular weight is 216 g/mol. The molecule has 0 spiro atoms. The van der Waals surface area contributed by atoms with Crippen molar-refractivity contribution in [2.24, 2.45) is 5.92 Å². The molecule has 86 valence electrons.